The Labute approximate surface area is 92.1 Å². The van der Waals surface area contributed by atoms with Crippen molar-refractivity contribution in [2.45, 2.75) is 0 Å². The highest BCUT2D eigenvalue weighted by Gasteiger charge is 2.13. The molecule has 3 aromatic rings. The zero-order chi connectivity index (χ0) is 10.4. The van der Waals surface area contributed by atoms with Crippen molar-refractivity contribution >= 4 is 33.5 Å². The highest BCUT2D eigenvalue weighted by Crippen LogP contribution is 2.23. The van der Waals surface area contributed by atoms with Gasteiger partial charge in [0.1, 0.15) is 5.52 Å². The lowest BCUT2D eigenvalue weighted by Gasteiger charge is -1.94. The predicted octanol–water partition coefficient (Wildman–Crippen LogP) is 2.80. The largest absolute Gasteiger partial charge is 0.288 e. The zero-order valence-electron chi connectivity index (χ0n) is 8.29. The maximum absolute atomic E-state index is 6.06. The molecule has 1 aromatic carbocycles. The van der Waals surface area contributed by atoms with Crippen molar-refractivity contribution < 1.29 is 4.57 Å². The summed E-state index contributed by atoms with van der Waals surface area (Å²) in [5.74, 6) is 0. The van der Waals surface area contributed by atoms with Gasteiger partial charge in [0, 0.05) is 5.39 Å². The summed E-state index contributed by atoms with van der Waals surface area (Å²) in [6, 6.07) is 12.2. The van der Waals surface area contributed by atoms with E-state index in [1.165, 1.54) is 10.8 Å². The molecule has 2 aromatic heterocycles. The fraction of sp³-hybridized carbons (Fsp3) is 0.0833. The van der Waals surface area contributed by atoms with Crippen LogP contribution in [0.5, 0.6) is 0 Å². The van der Waals surface area contributed by atoms with Crippen LogP contribution in [0.25, 0.3) is 21.9 Å². The molecule has 3 heteroatoms. The van der Waals surface area contributed by atoms with Gasteiger partial charge in [-0.25, -0.2) is 9.55 Å². The van der Waals surface area contributed by atoms with Gasteiger partial charge in [0.2, 0.25) is 0 Å². The lowest BCUT2D eigenvalue weighted by Crippen LogP contribution is -2.30. The molecule has 0 saturated heterocycles. The molecular formula is C12H10ClN2+. The molecule has 0 spiro atoms. The first-order chi connectivity index (χ1) is 7.27. The normalized spacial score (nSPS) is 11.3. The number of fused-ring (bicyclic) bond motifs is 3. The van der Waals surface area contributed by atoms with Crippen molar-refractivity contribution in [1.29, 1.82) is 0 Å². The second-order valence-corrected chi connectivity index (χ2v) is 4.04. The summed E-state index contributed by atoms with van der Waals surface area (Å²) in [7, 11) is 1.96. The number of benzene rings is 1. The highest BCUT2D eigenvalue weighted by atomic mass is 35.5. The minimum atomic E-state index is 0.731. The average molecular weight is 218 g/mol. The third-order valence-corrected chi connectivity index (χ3v) is 3.15. The molecule has 0 atom stereocenters. The summed E-state index contributed by atoms with van der Waals surface area (Å²) >= 11 is 6.06. The smallest absolute Gasteiger partial charge is 0.240 e. The number of aromatic amines is 1. The summed E-state index contributed by atoms with van der Waals surface area (Å²) in [5, 5.41) is 3.17. The number of aromatic nitrogens is 2. The fourth-order valence-corrected chi connectivity index (χ4v) is 2.10. The van der Waals surface area contributed by atoms with Crippen molar-refractivity contribution in [1.82, 2.24) is 4.98 Å². The Kier molecular flexibility index (Phi) is 1.73. The molecule has 0 aliphatic carbocycles. The van der Waals surface area contributed by atoms with Gasteiger partial charge < -0.3 is 0 Å². The summed E-state index contributed by atoms with van der Waals surface area (Å²) in [6.45, 7) is 0. The van der Waals surface area contributed by atoms with Crippen LogP contribution in [0.4, 0.5) is 0 Å². The van der Waals surface area contributed by atoms with Crippen LogP contribution in [0.3, 0.4) is 0 Å². The molecule has 74 valence electrons. The van der Waals surface area contributed by atoms with Gasteiger partial charge in [-0.15, -0.1) is 0 Å². The molecule has 2 nitrogen and oxygen atoms in total. The van der Waals surface area contributed by atoms with E-state index in [1.807, 2.05) is 29.8 Å². The van der Waals surface area contributed by atoms with Gasteiger partial charge >= 0.3 is 0 Å². The molecule has 2 heterocycles. The van der Waals surface area contributed by atoms with E-state index in [0.29, 0.717) is 0 Å². The topological polar surface area (TPSA) is 19.7 Å². The van der Waals surface area contributed by atoms with Gasteiger partial charge in [0.05, 0.1) is 12.4 Å². The van der Waals surface area contributed by atoms with Crippen LogP contribution in [0.2, 0.25) is 5.15 Å². The van der Waals surface area contributed by atoms with Crippen LogP contribution in [0, 0.1) is 0 Å². The number of halogens is 1. The number of pyridine rings is 1. The molecule has 0 bridgehead atoms. The highest BCUT2D eigenvalue weighted by molar-refractivity contribution is 6.28. The van der Waals surface area contributed by atoms with Crippen LogP contribution >= 0.6 is 11.6 Å². The Morgan fingerprint density at radius 2 is 1.87 bits per heavy atom. The number of nitrogens with zero attached hydrogens (tertiary/aromatic N) is 1. The molecule has 0 radical (unpaired) electrons. The monoisotopic (exact) mass is 217 g/mol. The van der Waals surface area contributed by atoms with E-state index in [0.717, 1.165) is 16.3 Å². The number of nitrogens with one attached hydrogen (secondary N) is 1. The van der Waals surface area contributed by atoms with E-state index in [9.17, 15) is 0 Å². The van der Waals surface area contributed by atoms with Gasteiger partial charge in [0.25, 0.3) is 5.65 Å². The average Bonchev–Trinajstić information content (AvgIpc) is 2.63. The Morgan fingerprint density at radius 3 is 2.73 bits per heavy atom. The molecule has 0 aliphatic rings. The summed E-state index contributed by atoms with van der Waals surface area (Å²) < 4.78 is 1.96. The molecule has 0 unspecified atom stereocenters. The SMILES string of the molecule is C[n+]1c(Cl)ccc2c3ccccc3[nH]c21. The standard InChI is InChI=1S/C12H9ClN2/c1-15-11(13)7-6-9-8-4-2-3-5-10(8)14-12(9)15/h2-7H,1H3/p+1. The van der Waals surface area contributed by atoms with Gasteiger partial charge in [-0.3, -0.25) is 0 Å². The fourth-order valence-electron chi connectivity index (χ4n) is 1.95. The molecule has 0 aliphatic heterocycles. The lowest BCUT2D eigenvalue weighted by molar-refractivity contribution is -0.644. The van der Waals surface area contributed by atoms with E-state index < -0.39 is 0 Å². The van der Waals surface area contributed by atoms with Crippen molar-refractivity contribution in [3.63, 3.8) is 0 Å². The number of H-pyrrole nitrogens is 1. The lowest BCUT2D eigenvalue weighted by atomic mass is 10.2. The van der Waals surface area contributed by atoms with Crippen molar-refractivity contribution in [3.05, 3.63) is 41.6 Å². The Morgan fingerprint density at radius 1 is 1.07 bits per heavy atom. The third kappa shape index (κ3) is 1.15. The van der Waals surface area contributed by atoms with Crippen LogP contribution in [0.1, 0.15) is 0 Å². The molecule has 3 rings (SSSR count). The molecule has 1 N–H and O–H groups in total. The van der Waals surface area contributed by atoms with Gasteiger partial charge in [-0.1, -0.05) is 12.1 Å². The van der Waals surface area contributed by atoms with Crippen LogP contribution in [-0.2, 0) is 7.05 Å². The predicted molar refractivity (Wildman–Crippen MR) is 62.0 cm³/mol. The second kappa shape index (κ2) is 2.97. The van der Waals surface area contributed by atoms with E-state index in [2.05, 4.69) is 23.2 Å². The van der Waals surface area contributed by atoms with E-state index in [1.54, 1.807) is 0 Å². The molecule has 15 heavy (non-hydrogen) atoms. The second-order valence-electron chi connectivity index (χ2n) is 3.65. The Hall–Kier alpha value is -1.54. The number of para-hydroxylation sites is 1. The van der Waals surface area contributed by atoms with Crippen molar-refractivity contribution in [2.75, 3.05) is 0 Å². The van der Waals surface area contributed by atoms with E-state index in [-0.39, 0.29) is 0 Å². The number of aryl methyl sites for hydroxylation is 1. The molecule has 0 amide bonds. The van der Waals surface area contributed by atoms with E-state index in [4.69, 9.17) is 11.6 Å². The third-order valence-electron chi connectivity index (χ3n) is 2.77. The molecule has 0 saturated carbocycles. The van der Waals surface area contributed by atoms with Crippen LogP contribution in [-0.4, -0.2) is 4.98 Å². The maximum Gasteiger partial charge on any atom is 0.288 e. The zero-order valence-corrected chi connectivity index (χ0v) is 9.05. The minimum Gasteiger partial charge on any atom is -0.240 e. The quantitative estimate of drug-likeness (QED) is 0.441. The Balaban J connectivity index is 2.60. The number of hydrogen-bond donors (Lipinski definition) is 1. The van der Waals surface area contributed by atoms with Gasteiger partial charge in [0.15, 0.2) is 5.15 Å². The van der Waals surface area contributed by atoms with Gasteiger partial charge in [-0.05, 0) is 35.9 Å². The van der Waals surface area contributed by atoms with Crippen molar-refractivity contribution in [2.24, 2.45) is 7.05 Å². The van der Waals surface area contributed by atoms with Crippen LogP contribution in [0.15, 0.2) is 36.4 Å². The van der Waals surface area contributed by atoms with Gasteiger partial charge in [-0.2, -0.15) is 0 Å². The number of rotatable bonds is 0. The van der Waals surface area contributed by atoms with Crippen molar-refractivity contribution in [3.8, 4) is 0 Å². The summed E-state index contributed by atoms with van der Waals surface area (Å²) in [5.41, 5.74) is 2.20. The first kappa shape index (κ1) is 8.74. The minimum absolute atomic E-state index is 0.731. The Bertz CT molecular complexity index is 655. The number of hydrogen-bond acceptors (Lipinski definition) is 0. The first-order valence-corrected chi connectivity index (χ1v) is 5.20. The molecular weight excluding hydrogens is 208 g/mol. The van der Waals surface area contributed by atoms with Crippen LogP contribution < -0.4 is 4.57 Å². The van der Waals surface area contributed by atoms with E-state index >= 15 is 0 Å². The summed E-state index contributed by atoms with van der Waals surface area (Å²) in [4.78, 5) is 3.37. The molecule has 0 fully saturated rings. The maximum atomic E-state index is 6.06. The summed E-state index contributed by atoms with van der Waals surface area (Å²) in [6.07, 6.45) is 0. The first-order valence-electron chi connectivity index (χ1n) is 4.82.